The summed E-state index contributed by atoms with van der Waals surface area (Å²) < 4.78 is 11.1. The smallest absolute Gasteiger partial charge is 0.161 e. The van der Waals surface area contributed by atoms with E-state index in [0.29, 0.717) is 13.0 Å². The highest BCUT2D eigenvalue weighted by Crippen LogP contribution is 2.27. The van der Waals surface area contributed by atoms with Crippen LogP contribution in [0.4, 0.5) is 0 Å². The van der Waals surface area contributed by atoms with Crippen LogP contribution in [0, 0.1) is 0 Å². The van der Waals surface area contributed by atoms with E-state index in [9.17, 15) is 5.11 Å². The highest BCUT2D eigenvalue weighted by atomic mass is 16.7. The van der Waals surface area contributed by atoms with Crippen molar-refractivity contribution in [3.05, 3.63) is 0 Å². The van der Waals surface area contributed by atoms with E-state index in [-0.39, 0.29) is 11.9 Å². The zero-order valence-corrected chi connectivity index (χ0v) is 8.96. The second-order valence-electron chi connectivity index (χ2n) is 4.94. The van der Waals surface area contributed by atoms with Crippen LogP contribution in [0.15, 0.2) is 0 Å². The maximum Gasteiger partial charge on any atom is 0.161 e. The third-order valence-electron chi connectivity index (χ3n) is 2.12. The summed E-state index contributed by atoms with van der Waals surface area (Å²) in [4.78, 5) is 0. The summed E-state index contributed by atoms with van der Waals surface area (Å²) in [6, 6.07) is 0. The number of aliphatic hydroxyl groups is 1. The second kappa shape index (κ2) is 3.56. The van der Waals surface area contributed by atoms with Crippen LogP contribution in [-0.2, 0) is 9.47 Å². The van der Waals surface area contributed by atoms with Crippen molar-refractivity contribution >= 4 is 0 Å². The monoisotopic (exact) mass is 188 g/mol. The van der Waals surface area contributed by atoms with Gasteiger partial charge < -0.3 is 14.6 Å². The van der Waals surface area contributed by atoms with E-state index < -0.39 is 5.60 Å². The molecule has 78 valence electrons. The molecule has 1 fully saturated rings. The van der Waals surface area contributed by atoms with E-state index in [1.807, 2.05) is 13.8 Å². The Bertz CT molecular complexity index is 167. The van der Waals surface area contributed by atoms with Gasteiger partial charge in [-0.25, -0.2) is 0 Å². The highest BCUT2D eigenvalue weighted by Gasteiger charge is 2.32. The maximum atomic E-state index is 9.58. The Kier molecular flexibility index (Phi) is 3.00. The van der Waals surface area contributed by atoms with E-state index in [1.54, 1.807) is 13.8 Å². The van der Waals surface area contributed by atoms with Gasteiger partial charge in [0.1, 0.15) is 0 Å². The van der Waals surface area contributed by atoms with E-state index in [1.165, 1.54) is 0 Å². The van der Waals surface area contributed by atoms with Crippen LogP contribution in [0.1, 0.15) is 40.5 Å². The average molecular weight is 188 g/mol. The largest absolute Gasteiger partial charge is 0.390 e. The first-order valence-electron chi connectivity index (χ1n) is 4.80. The summed E-state index contributed by atoms with van der Waals surface area (Å²) >= 11 is 0. The van der Waals surface area contributed by atoms with Gasteiger partial charge >= 0.3 is 0 Å². The van der Waals surface area contributed by atoms with Gasteiger partial charge in [-0.2, -0.15) is 0 Å². The van der Waals surface area contributed by atoms with Gasteiger partial charge in [0.15, 0.2) is 6.29 Å². The number of rotatable bonds is 2. The van der Waals surface area contributed by atoms with Gasteiger partial charge in [-0.15, -0.1) is 0 Å². The normalized spacial score (nSPS) is 28.8. The van der Waals surface area contributed by atoms with Gasteiger partial charge in [0.05, 0.1) is 17.8 Å². The Balaban J connectivity index is 2.44. The first-order chi connectivity index (χ1) is 5.79. The van der Waals surface area contributed by atoms with Crippen molar-refractivity contribution < 1.29 is 14.6 Å². The minimum atomic E-state index is -0.724. The topological polar surface area (TPSA) is 38.7 Å². The molecule has 1 saturated heterocycles. The van der Waals surface area contributed by atoms with Gasteiger partial charge in [0, 0.05) is 6.42 Å². The van der Waals surface area contributed by atoms with Crippen molar-refractivity contribution in [2.75, 3.05) is 6.61 Å². The molecule has 0 spiro atoms. The molecule has 1 atom stereocenters. The third kappa shape index (κ3) is 4.07. The van der Waals surface area contributed by atoms with Crippen molar-refractivity contribution in [3.63, 3.8) is 0 Å². The molecule has 0 aromatic heterocycles. The summed E-state index contributed by atoms with van der Waals surface area (Å²) in [5.74, 6) is 0. The van der Waals surface area contributed by atoms with E-state index in [0.717, 1.165) is 6.42 Å². The third-order valence-corrected chi connectivity index (χ3v) is 2.12. The molecule has 1 rings (SSSR count). The predicted molar refractivity (Wildman–Crippen MR) is 50.4 cm³/mol. The zero-order chi connectivity index (χ0) is 10.1. The molecule has 0 radical (unpaired) electrons. The molecule has 1 aliphatic heterocycles. The van der Waals surface area contributed by atoms with Crippen LogP contribution in [0.5, 0.6) is 0 Å². The molecule has 1 aliphatic rings. The fraction of sp³-hybridized carbons (Fsp3) is 1.00. The van der Waals surface area contributed by atoms with Crippen LogP contribution < -0.4 is 0 Å². The molecular formula is C10H20O3. The molecule has 13 heavy (non-hydrogen) atoms. The number of hydrogen-bond acceptors (Lipinski definition) is 3. The molecule has 3 heteroatoms. The van der Waals surface area contributed by atoms with Crippen molar-refractivity contribution in [2.24, 2.45) is 0 Å². The maximum absolute atomic E-state index is 9.58. The summed E-state index contributed by atoms with van der Waals surface area (Å²) in [6.45, 7) is 8.34. The van der Waals surface area contributed by atoms with E-state index >= 15 is 0 Å². The van der Waals surface area contributed by atoms with Crippen molar-refractivity contribution in [3.8, 4) is 0 Å². The Morgan fingerprint density at radius 2 is 2.08 bits per heavy atom. The molecule has 0 amide bonds. The fourth-order valence-corrected chi connectivity index (χ4v) is 1.39. The van der Waals surface area contributed by atoms with Crippen LogP contribution in [0.25, 0.3) is 0 Å². The molecule has 1 N–H and O–H groups in total. The summed E-state index contributed by atoms with van der Waals surface area (Å²) in [5.41, 5.74) is -0.841. The average Bonchev–Trinajstić information content (AvgIpc) is 1.79. The Labute approximate surface area is 80.0 Å². The summed E-state index contributed by atoms with van der Waals surface area (Å²) in [5, 5.41) is 9.58. The van der Waals surface area contributed by atoms with Gasteiger partial charge in [0.2, 0.25) is 0 Å². The van der Waals surface area contributed by atoms with Crippen LogP contribution in [0.2, 0.25) is 0 Å². The van der Waals surface area contributed by atoms with Crippen LogP contribution in [0.3, 0.4) is 0 Å². The van der Waals surface area contributed by atoms with E-state index in [4.69, 9.17) is 9.47 Å². The lowest BCUT2D eigenvalue weighted by Gasteiger charge is -2.37. The van der Waals surface area contributed by atoms with Gasteiger partial charge in [-0.05, 0) is 34.1 Å². The molecule has 3 nitrogen and oxygen atoms in total. The van der Waals surface area contributed by atoms with E-state index in [2.05, 4.69) is 0 Å². The molecule has 1 unspecified atom stereocenters. The van der Waals surface area contributed by atoms with Gasteiger partial charge in [-0.1, -0.05) is 0 Å². The van der Waals surface area contributed by atoms with Crippen molar-refractivity contribution in [2.45, 2.75) is 58.0 Å². The molecule has 0 aliphatic carbocycles. The lowest BCUT2D eigenvalue weighted by molar-refractivity contribution is -0.258. The minimum Gasteiger partial charge on any atom is -0.390 e. The first-order valence-corrected chi connectivity index (χ1v) is 4.80. The van der Waals surface area contributed by atoms with Gasteiger partial charge in [-0.3, -0.25) is 0 Å². The molecule has 0 bridgehead atoms. The molecular weight excluding hydrogens is 168 g/mol. The lowest BCUT2D eigenvalue weighted by atomic mass is 10.0. The SMILES string of the molecule is CC(C)(O)CC1OCCC(C)(C)O1. The summed E-state index contributed by atoms with van der Waals surface area (Å²) in [6.07, 6.45) is 1.18. The Morgan fingerprint density at radius 3 is 2.54 bits per heavy atom. The van der Waals surface area contributed by atoms with Gasteiger partial charge in [0.25, 0.3) is 0 Å². The standard InChI is InChI=1S/C10H20O3/c1-9(2,11)7-8-12-6-5-10(3,4)13-8/h8,11H,5-7H2,1-4H3. The number of hydrogen-bond donors (Lipinski definition) is 1. The molecule has 1 heterocycles. The van der Waals surface area contributed by atoms with Crippen molar-refractivity contribution in [1.82, 2.24) is 0 Å². The van der Waals surface area contributed by atoms with Crippen molar-refractivity contribution in [1.29, 1.82) is 0 Å². The minimum absolute atomic E-state index is 0.117. The van der Waals surface area contributed by atoms with Crippen LogP contribution in [-0.4, -0.2) is 29.2 Å². The first kappa shape index (κ1) is 11.0. The fourth-order valence-electron chi connectivity index (χ4n) is 1.39. The zero-order valence-electron chi connectivity index (χ0n) is 8.96. The highest BCUT2D eigenvalue weighted by molar-refractivity contribution is 4.76. The lowest BCUT2D eigenvalue weighted by Crippen LogP contribution is -2.42. The quantitative estimate of drug-likeness (QED) is 0.716. The molecule has 0 aromatic rings. The Hall–Kier alpha value is -0.120. The molecule has 0 aromatic carbocycles. The van der Waals surface area contributed by atoms with Crippen LogP contribution >= 0.6 is 0 Å². The predicted octanol–water partition coefficient (Wildman–Crippen LogP) is 1.69. The molecule has 0 saturated carbocycles. The Morgan fingerprint density at radius 1 is 1.46 bits per heavy atom. The second-order valence-corrected chi connectivity index (χ2v) is 4.94. The number of ether oxygens (including phenoxy) is 2. The summed E-state index contributed by atoms with van der Waals surface area (Å²) in [7, 11) is 0.